The third kappa shape index (κ3) is 8.34. The van der Waals surface area contributed by atoms with E-state index in [9.17, 15) is 24.0 Å². The minimum absolute atomic E-state index is 0.190. The van der Waals surface area contributed by atoms with Crippen LogP contribution in [0, 0.1) is 5.92 Å². The van der Waals surface area contributed by atoms with Crippen molar-refractivity contribution >= 4 is 29.6 Å². The van der Waals surface area contributed by atoms with Gasteiger partial charge in [-0.05, 0) is 12.8 Å². The van der Waals surface area contributed by atoms with Crippen LogP contribution in [0.5, 0.6) is 0 Å². The first-order chi connectivity index (χ1) is 15.0. The van der Waals surface area contributed by atoms with Crippen molar-refractivity contribution in [3.63, 3.8) is 0 Å². The number of nitrogens with zero attached hydrogens (tertiary/aromatic N) is 1. The number of nitrogens with two attached hydrogens (primary N) is 2. The quantitative estimate of drug-likeness (QED) is 0.172. The Kier molecular flexibility index (Phi) is 10.3. The molecule has 0 fully saturated rings. The zero-order valence-corrected chi connectivity index (χ0v) is 18.3. The molecular weight excluding hydrogens is 422 g/mol. The summed E-state index contributed by atoms with van der Waals surface area (Å²) in [6, 6.07) is -4.57. The molecule has 5 unspecified atom stereocenters. The number of amides is 4. The number of aromatic amines is 1. The number of H-pyrrole nitrogens is 1. The molecular formula is C19H31N7O6. The number of carboxylic acids is 1. The molecule has 5 atom stereocenters. The normalized spacial score (nSPS) is 15.5. The number of carbonyl (C=O) groups excluding carboxylic acids is 4. The Morgan fingerprint density at radius 3 is 2.25 bits per heavy atom. The number of aromatic nitrogens is 2. The van der Waals surface area contributed by atoms with Gasteiger partial charge in [0.05, 0.1) is 18.8 Å². The van der Waals surface area contributed by atoms with E-state index in [4.69, 9.17) is 16.6 Å². The number of aliphatic carboxylic acids is 1. The summed E-state index contributed by atoms with van der Waals surface area (Å²) in [7, 11) is 0. The van der Waals surface area contributed by atoms with Crippen molar-refractivity contribution in [1.29, 1.82) is 0 Å². The Hall–Kier alpha value is -3.48. The van der Waals surface area contributed by atoms with Gasteiger partial charge in [0.15, 0.2) is 0 Å². The van der Waals surface area contributed by atoms with Crippen LogP contribution in [0.25, 0.3) is 0 Å². The second-order valence-corrected chi connectivity index (χ2v) is 7.56. The van der Waals surface area contributed by atoms with Crippen molar-refractivity contribution in [2.45, 2.75) is 64.2 Å². The van der Waals surface area contributed by atoms with Gasteiger partial charge in [-0.1, -0.05) is 20.3 Å². The van der Waals surface area contributed by atoms with Crippen LogP contribution in [0.15, 0.2) is 12.5 Å². The van der Waals surface area contributed by atoms with Crippen molar-refractivity contribution < 1.29 is 29.1 Å². The number of carboxylic acid groups (broad SMARTS) is 1. The fraction of sp³-hybridized carbons (Fsp3) is 0.579. The molecule has 0 aromatic carbocycles. The summed E-state index contributed by atoms with van der Waals surface area (Å²) in [6.45, 7) is 4.93. The number of rotatable bonds is 13. The number of primary amides is 1. The topological polar surface area (TPSA) is 222 Å². The second-order valence-electron chi connectivity index (χ2n) is 7.56. The molecule has 13 heteroatoms. The van der Waals surface area contributed by atoms with Gasteiger partial charge in [-0.2, -0.15) is 0 Å². The SMILES string of the molecule is CCC(C)C(NC(=O)C(N)Cc1cnc[nH]1)C(=O)NC(C)C(=O)NC(CC(N)=O)C(=O)O. The minimum Gasteiger partial charge on any atom is -0.480 e. The first-order valence-electron chi connectivity index (χ1n) is 10.1. The van der Waals surface area contributed by atoms with Crippen LogP contribution in [-0.2, 0) is 30.4 Å². The molecule has 1 aromatic heterocycles. The number of imidazole rings is 1. The van der Waals surface area contributed by atoms with E-state index in [2.05, 4.69) is 25.9 Å². The van der Waals surface area contributed by atoms with E-state index in [0.717, 1.165) is 0 Å². The number of hydrogen-bond acceptors (Lipinski definition) is 7. The fourth-order valence-electron chi connectivity index (χ4n) is 2.75. The molecule has 9 N–H and O–H groups in total. The lowest BCUT2D eigenvalue weighted by molar-refractivity contribution is -0.143. The Morgan fingerprint density at radius 2 is 1.75 bits per heavy atom. The molecule has 1 rings (SSSR count). The third-order valence-electron chi connectivity index (χ3n) is 4.90. The predicted octanol–water partition coefficient (Wildman–Crippen LogP) is -2.24. The molecule has 178 valence electrons. The molecule has 4 amide bonds. The molecule has 0 aliphatic rings. The summed E-state index contributed by atoms with van der Waals surface area (Å²) in [6.07, 6.45) is 3.14. The second kappa shape index (κ2) is 12.4. The molecule has 0 radical (unpaired) electrons. The van der Waals surface area contributed by atoms with Gasteiger partial charge in [0, 0.05) is 18.3 Å². The van der Waals surface area contributed by atoms with E-state index in [0.29, 0.717) is 12.1 Å². The third-order valence-corrected chi connectivity index (χ3v) is 4.90. The average molecular weight is 454 g/mol. The predicted molar refractivity (Wildman–Crippen MR) is 113 cm³/mol. The lowest BCUT2D eigenvalue weighted by atomic mass is 9.97. The van der Waals surface area contributed by atoms with Gasteiger partial charge in [0.1, 0.15) is 18.1 Å². The molecule has 0 bridgehead atoms. The van der Waals surface area contributed by atoms with Gasteiger partial charge in [0.2, 0.25) is 23.6 Å². The van der Waals surface area contributed by atoms with Crippen LogP contribution >= 0.6 is 0 Å². The van der Waals surface area contributed by atoms with E-state index in [1.165, 1.54) is 19.4 Å². The number of carbonyl (C=O) groups is 5. The zero-order chi connectivity index (χ0) is 24.4. The Morgan fingerprint density at radius 1 is 1.09 bits per heavy atom. The van der Waals surface area contributed by atoms with E-state index in [1.807, 2.05) is 6.92 Å². The minimum atomic E-state index is -1.52. The molecule has 0 aliphatic carbocycles. The van der Waals surface area contributed by atoms with Crippen LogP contribution in [0.3, 0.4) is 0 Å². The highest BCUT2D eigenvalue weighted by molar-refractivity contribution is 5.94. The summed E-state index contributed by atoms with van der Waals surface area (Å²) in [5.41, 5.74) is 11.6. The summed E-state index contributed by atoms with van der Waals surface area (Å²) >= 11 is 0. The Balaban J connectivity index is 2.77. The lowest BCUT2D eigenvalue weighted by Gasteiger charge is -2.26. The highest BCUT2D eigenvalue weighted by Crippen LogP contribution is 2.09. The molecule has 0 saturated heterocycles. The van der Waals surface area contributed by atoms with E-state index in [1.54, 1.807) is 6.92 Å². The van der Waals surface area contributed by atoms with E-state index < -0.39 is 60.2 Å². The summed E-state index contributed by atoms with van der Waals surface area (Å²) in [5.74, 6) is -4.63. The molecule has 32 heavy (non-hydrogen) atoms. The van der Waals surface area contributed by atoms with Gasteiger partial charge in [-0.25, -0.2) is 9.78 Å². The van der Waals surface area contributed by atoms with Gasteiger partial charge < -0.3 is 37.5 Å². The molecule has 1 aromatic rings. The van der Waals surface area contributed by atoms with E-state index in [-0.39, 0.29) is 12.3 Å². The van der Waals surface area contributed by atoms with Crippen LogP contribution in [-0.4, -0.2) is 68.8 Å². The number of nitrogens with one attached hydrogen (secondary N) is 4. The van der Waals surface area contributed by atoms with Crippen LogP contribution in [0.4, 0.5) is 0 Å². The highest BCUT2D eigenvalue weighted by atomic mass is 16.4. The van der Waals surface area contributed by atoms with Crippen LogP contribution < -0.4 is 27.4 Å². The lowest BCUT2D eigenvalue weighted by Crippen LogP contribution is -2.58. The van der Waals surface area contributed by atoms with Crippen LogP contribution in [0.1, 0.15) is 39.3 Å². The van der Waals surface area contributed by atoms with Crippen molar-refractivity contribution in [2.75, 3.05) is 0 Å². The molecule has 0 saturated carbocycles. The monoisotopic (exact) mass is 453 g/mol. The summed E-state index contributed by atoms with van der Waals surface area (Å²) in [5, 5.41) is 16.3. The molecule has 0 aliphatic heterocycles. The first kappa shape index (κ1) is 26.6. The zero-order valence-electron chi connectivity index (χ0n) is 18.3. The van der Waals surface area contributed by atoms with Crippen molar-refractivity contribution in [3.05, 3.63) is 18.2 Å². The molecule has 0 spiro atoms. The molecule has 13 nitrogen and oxygen atoms in total. The fourth-order valence-corrected chi connectivity index (χ4v) is 2.75. The maximum atomic E-state index is 12.8. The largest absolute Gasteiger partial charge is 0.480 e. The summed E-state index contributed by atoms with van der Waals surface area (Å²) < 4.78 is 0. The average Bonchev–Trinajstić information content (AvgIpc) is 3.22. The first-order valence-corrected chi connectivity index (χ1v) is 10.1. The van der Waals surface area contributed by atoms with E-state index >= 15 is 0 Å². The number of hydrogen-bond donors (Lipinski definition) is 7. The van der Waals surface area contributed by atoms with Gasteiger partial charge in [-0.15, -0.1) is 0 Å². The smallest absolute Gasteiger partial charge is 0.326 e. The summed E-state index contributed by atoms with van der Waals surface area (Å²) in [4.78, 5) is 66.4. The van der Waals surface area contributed by atoms with Gasteiger partial charge in [-0.3, -0.25) is 19.2 Å². The highest BCUT2D eigenvalue weighted by Gasteiger charge is 2.31. The van der Waals surface area contributed by atoms with Crippen molar-refractivity contribution in [1.82, 2.24) is 25.9 Å². The Bertz CT molecular complexity index is 813. The Labute approximate surface area is 185 Å². The van der Waals surface area contributed by atoms with Crippen molar-refractivity contribution in [2.24, 2.45) is 17.4 Å². The molecule has 1 heterocycles. The van der Waals surface area contributed by atoms with Crippen LogP contribution in [0.2, 0.25) is 0 Å². The maximum Gasteiger partial charge on any atom is 0.326 e. The standard InChI is InChI=1S/C19H31N7O6/c1-4-9(2)15(26-17(29)12(20)5-11-7-22-8-23-11)18(30)24-10(3)16(28)25-13(19(31)32)6-14(21)27/h7-10,12-13,15H,4-6,20H2,1-3H3,(H2,21,27)(H,22,23)(H,24,30)(H,25,28)(H,26,29)(H,31,32). The van der Waals surface area contributed by atoms with Gasteiger partial charge in [0.25, 0.3) is 0 Å². The maximum absolute atomic E-state index is 12.8. The van der Waals surface area contributed by atoms with Gasteiger partial charge >= 0.3 is 5.97 Å². The van der Waals surface area contributed by atoms with Crippen molar-refractivity contribution in [3.8, 4) is 0 Å².